The Balaban J connectivity index is 2.36. The van der Waals surface area contributed by atoms with Gasteiger partial charge in [-0.3, -0.25) is 4.90 Å². The number of aliphatic hydroxyl groups is 1. The van der Waals surface area contributed by atoms with Gasteiger partial charge in [0.25, 0.3) is 0 Å². The standard InChI is InChI=1S/C12H15NO3/c1-9-4-2-3-5-11(9)13-10(8-14)6-7-16-12(13)15/h2-5,10,14H,6-8H2,1H3. The van der Waals surface area contributed by atoms with Gasteiger partial charge in [-0.15, -0.1) is 0 Å². The summed E-state index contributed by atoms with van der Waals surface area (Å²) in [4.78, 5) is 13.2. The van der Waals surface area contributed by atoms with E-state index < -0.39 is 0 Å². The van der Waals surface area contributed by atoms with Crippen LogP contribution in [0.2, 0.25) is 0 Å². The molecule has 0 aromatic heterocycles. The lowest BCUT2D eigenvalue weighted by atomic mass is 10.1. The summed E-state index contributed by atoms with van der Waals surface area (Å²) in [6.07, 6.45) is 0.288. The Morgan fingerprint density at radius 1 is 1.50 bits per heavy atom. The van der Waals surface area contributed by atoms with Crippen LogP contribution in [0.5, 0.6) is 0 Å². The molecule has 0 saturated carbocycles. The molecule has 0 aliphatic carbocycles. The number of para-hydroxylation sites is 1. The molecule has 4 heteroatoms. The van der Waals surface area contributed by atoms with Gasteiger partial charge in [0.15, 0.2) is 0 Å². The van der Waals surface area contributed by atoms with E-state index in [4.69, 9.17) is 4.74 Å². The van der Waals surface area contributed by atoms with E-state index in [2.05, 4.69) is 0 Å². The summed E-state index contributed by atoms with van der Waals surface area (Å²) >= 11 is 0. The maximum atomic E-state index is 11.7. The Labute approximate surface area is 94.4 Å². The number of carbonyl (C=O) groups excluding carboxylic acids is 1. The molecule has 1 aliphatic heterocycles. The van der Waals surface area contributed by atoms with E-state index in [-0.39, 0.29) is 18.7 Å². The van der Waals surface area contributed by atoms with Gasteiger partial charge in [-0.2, -0.15) is 0 Å². The molecule has 0 radical (unpaired) electrons. The van der Waals surface area contributed by atoms with Gasteiger partial charge in [-0.05, 0) is 18.6 Å². The van der Waals surface area contributed by atoms with E-state index in [0.717, 1.165) is 11.3 Å². The third-order valence-corrected chi connectivity index (χ3v) is 2.82. The Kier molecular flexibility index (Phi) is 3.10. The Hall–Kier alpha value is -1.55. The lowest BCUT2D eigenvalue weighted by Gasteiger charge is -2.34. The van der Waals surface area contributed by atoms with Crippen LogP contribution in [0.15, 0.2) is 24.3 Å². The summed E-state index contributed by atoms with van der Waals surface area (Å²) in [5.74, 6) is 0. The van der Waals surface area contributed by atoms with E-state index >= 15 is 0 Å². The normalized spacial score (nSPS) is 20.8. The monoisotopic (exact) mass is 221 g/mol. The molecular formula is C12H15NO3. The number of hydrogen-bond acceptors (Lipinski definition) is 3. The molecule has 1 atom stereocenters. The van der Waals surface area contributed by atoms with Crippen molar-refractivity contribution >= 4 is 11.8 Å². The predicted molar refractivity (Wildman–Crippen MR) is 60.5 cm³/mol. The van der Waals surface area contributed by atoms with E-state index in [0.29, 0.717) is 13.0 Å². The topological polar surface area (TPSA) is 49.8 Å². The van der Waals surface area contributed by atoms with Crippen LogP contribution in [0.1, 0.15) is 12.0 Å². The molecule has 1 N–H and O–H groups in total. The molecule has 1 fully saturated rings. The summed E-state index contributed by atoms with van der Waals surface area (Å²) in [6.45, 7) is 2.28. The molecule has 1 saturated heterocycles. The minimum absolute atomic E-state index is 0.0383. The summed E-state index contributed by atoms with van der Waals surface area (Å²) in [7, 11) is 0. The zero-order valence-electron chi connectivity index (χ0n) is 9.22. The van der Waals surface area contributed by atoms with Gasteiger partial charge in [0, 0.05) is 6.42 Å². The second kappa shape index (κ2) is 4.53. The summed E-state index contributed by atoms with van der Waals surface area (Å²) < 4.78 is 5.01. The van der Waals surface area contributed by atoms with Crippen molar-refractivity contribution in [1.29, 1.82) is 0 Å². The molecular weight excluding hydrogens is 206 g/mol. The third kappa shape index (κ3) is 1.88. The average molecular weight is 221 g/mol. The third-order valence-electron chi connectivity index (χ3n) is 2.82. The molecule has 1 aliphatic rings. The second-order valence-corrected chi connectivity index (χ2v) is 3.90. The molecule has 1 aromatic carbocycles. The van der Waals surface area contributed by atoms with E-state index in [9.17, 15) is 9.90 Å². The fraction of sp³-hybridized carbons (Fsp3) is 0.417. The summed E-state index contributed by atoms with van der Waals surface area (Å²) in [6, 6.07) is 7.42. The minimum atomic E-state index is -0.375. The highest BCUT2D eigenvalue weighted by Crippen LogP contribution is 2.26. The molecule has 0 spiro atoms. The highest BCUT2D eigenvalue weighted by Gasteiger charge is 2.31. The SMILES string of the molecule is Cc1ccccc1N1C(=O)OCCC1CO. The zero-order chi connectivity index (χ0) is 11.5. The van der Waals surface area contributed by atoms with E-state index in [1.165, 1.54) is 0 Å². The van der Waals surface area contributed by atoms with Gasteiger partial charge in [-0.25, -0.2) is 4.79 Å². The molecule has 4 nitrogen and oxygen atoms in total. The predicted octanol–water partition coefficient (Wildman–Crippen LogP) is 1.70. The van der Waals surface area contributed by atoms with E-state index in [1.54, 1.807) is 4.90 Å². The number of anilines is 1. The van der Waals surface area contributed by atoms with Crippen LogP contribution < -0.4 is 4.90 Å². The van der Waals surface area contributed by atoms with Gasteiger partial charge in [-0.1, -0.05) is 18.2 Å². The largest absolute Gasteiger partial charge is 0.449 e. The Bertz CT molecular complexity index is 392. The number of aryl methyl sites for hydroxylation is 1. The van der Waals surface area contributed by atoms with Crippen molar-refractivity contribution in [2.45, 2.75) is 19.4 Å². The van der Waals surface area contributed by atoms with Crippen LogP contribution >= 0.6 is 0 Å². The number of amides is 1. The van der Waals surface area contributed by atoms with Crippen molar-refractivity contribution in [1.82, 2.24) is 0 Å². The molecule has 1 unspecified atom stereocenters. The first kappa shape index (κ1) is 11.0. The van der Waals surface area contributed by atoms with Crippen molar-refractivity contribution in [2.75, 3.05) is 18.1 Å². The first-order valence-corrected chi connectivity index (χ1v) is 5.36. The van der Waals surface area contributed by atoms with Crippen LogP contribution in [-0.2, 0) is 4.74 Å². The zero-order valence-corrected chi connectivity index (χ0v) is 9.22. The Morgan fingerprint density at radius 2 is 2.25 bits per heavy atom. The lowest BCUT2D eigenvalue weighted by molar-refractivity contribution is 0.115. The molecule has 16 heavy (non-hydrogen) atoms. The number of cyclic esters (lactones) is 1. The number of rotatable bonds is 2. The quantitative estimate of drug-likeness (QED) is 0.827. The van der Waals surface area contributed by atoms with Crippen molar-refractivity contribution in [2.24, 2.45) is 0 Å². The number of nitrogens with zero attached hydrogens (tertiary/aromatic N) is 1. The number of benzene rings is 1. The van der Waals surface area contributed by atoms with Gasteiger partial charge >= 0.3 is 6.09 Å². The number of ether oxygens (including phenoxy) is 1. The number of carbonyl (C=O) groups is 1. The molecule has 2 rings (SSSR count). The van der Waals surface area contributed by atoms with Crippen LogP contribution in [0, 0.1) is 6.92 Å². The van der Waals surface area contributed by atoms with Gasteiger partial charge < -0.3 is 9.84 Å². The lowest BCUT2D eigenvalue weighted by Crippen LogP contribution is -2.48. The van der Waals surface area contributed by atoms with Crippen molar-refractivity contribution in [3.05, 3.63) is 29.8 Å². The fourth-order valence-electron chi connectivity index (χ4n) is 1.93. The molecule has 0 bridgehead atoms. The van der Waals surface area contributed by atoms with Crippen LogP contribution in [0.4, 0.5) is 10.5 Å². The first-order valence-electron chi connectivity index (χ1n) is 5.36. The molecule has 1 amide bonds. The first-order chi connectivity index (χ1) is 7.74. The minimum Gasteiger partial charge on any atom is -0.449 e. The van der Waals surface area contributed by atoms with Gasteiger partial charge in [0.05, 0.1) is 24.9 Å². The van der Waals surface area contributed by atoms with Crippen LogP contribution in [0.3, 0.4) is 0 Å². The highest BCUT2D eigenvalue weighted by molar-refractivity contribution is 5.89. The molecule has 1 heterocycles. The maximum absolute atomic E-state index is 11.7. The van der Waals surface area contributed by atoms with Crippen LogP contribution in [0.25, 0.3) is 0 Å². The number of aliphatic hydroxyl groups excluding tert-OH is 1. The van der Waals surface area contributed by atoms with Crippen LogP contribution in [-0.4, -0.2) is 30.5 Å². The van der Waals surface area contributed by atoms with E-state index in [1.807, 2.05) is 31.2 Å². The smallest absolute Gasteiger partial charge is 0.414 e. The number of hydrogen-bond donors (Lipinski definition) is 1. The second-order valence-electron chi connectivity index (χ2n) is 3.90. The fourth-order valence-corrected chi connectivity index (χ4v) is 1.93. The van der Waals surface area contributed by atoms with Crippen molar-refractivity contribution in [3.63, 3.8) is 0 Å². The summed E-state index contributed by atoms with van der Waals surface area (Å²) in [5, 5.41) is 9.28. The maximum Gasteiger partial charge on any atom is 0.414 e. The van der Waals surface area contributed by atoms with Crippen molar-refractivity contribution < 1.29 is 14.6 Å². The summed E-state index contributed by atoms with van der Waals surface area (Å²) in [5.41, 5.74) is 1.81. The highest BCUT2D eigenvalue weighted by atomic mass is 16.6. The van der Waals surface area contributed by atoms with Gasteiger partial charge in [0.1, 0.15) is 0 Å². The molecule has 86 valence electrons. The van der Waals surface area contributed by atoms with Gasteiger partial charge in [0.2, 0.25) is 0 Å². The average Bonchev–Trinajstić information content (AvgIpc) is 2.30. The molecule has 1 aromatic rings. The van der Waals surface area contributed by atoms with Crippen molar-refractivity contribution in [3.8, 4) is 0 Å². The Morgan fingerprint density at radius 3 is 2.94 bits per heavy atom.